The van der Waals surface area contributed by atoms with Gasteiger partial charge in [0.25, 0.3) is 5.91 Å². The molecule has 1 fully saturated rings. The van der Waals surface area contributed by atoms with E-state index in [2.05, 4.69) is 25.6 Å². The van der Waals surface area contributed by atoms with Crippen LogP contribution in [-0.4, -0.2) is 31.8 Å². The van der Waals surface area contributed by atoms with Crippen molar-refractivity contribution in [3.63, 3.8) is 0 Å². The number of aryl methyl sites for hydroxylation is 1. The maximum atomic E-state index is 13.4. The van der Waals surface area contributed by atoms with Crippen LogP contribution in [0.25, 0.3) is 0 Å². The summed E-state index contributed by atoms with van der Waals surface area (Å²) < 4.78 is 13.1. The minimum absolute atomic E-state index is 0.0654. The van der Waals surface area contributed by atoms with Gasteiger partial charge in [0.15, 0.2) is 5.82 Å². The molecule has 5 rings (SSSR count). The number of nitrogens with one attached hydrogen (secondary N) is 2. The molecular formula is C22H20FN7O2. The summed E-state index contributed by atoms with van der Waals surface area (Å²) in [6.45, 7) is -0.153. The number of nitrogens with two attached hydrogens (primary N) is 1. The average molecular weight is 433 g/mol. The summed E-state index contributed by atoms with van der Waals surface area (Å²) in [4.78, 5) is 39.7. The highest BCUT2D eigenvalue weighted by molar-refractivity contribution is 6.07. The van der Waals surface area contributed by atoms with E-state index < -0.39 is 11.6 Å². The van der Waals surface area contributed by atoms with Crippen LogP contribution in [0, 0.1) is 5.82 Å². The molecule has 32 heavy (non-hydrogen) atoms. The zero-order valence-corrected chi connectivity index (χ0v) is 17.0. The molecule has 1 atom stereocenters. The largest absolute Gasteiger partial charge is 0.368 e. The lowest BCUT2D eigenvalue weighted by Crippen LogP contribution is -2.46. The number of hydrogen-bond acceptors (Lipinski definition) is 7. The second-order valence-electron chi connectivity index (χ2n) is 7.80. The number of halogens is 1. The van der Waals surface area contributed by atoms with Gasteiger partial charge in [-0.25, -0.2) is 9.18 Å². The lowest BCUT2D eigenvalue weighted by atomic mass is 9.76. The molecular weight excluding hydrogens is 413 g/mol. The number of anilines is 3. The Labute approximate surface area is 182 Å². The Hall–Kier alpha value is -4.08. The first-order valence-corrected chi connectivity index (χ1v) is 10.2. The van der Waals surface area contributed by atoms with Crippen LogP contribution >= 0.6 is 0 Å². The molecule has 1 aliphatic heterocycles. The molecule has 3 aromatic rings. The van der Waals surface area contributed by atoms with E-state index in [0.717, 1.165) is 28.9 Å². The van der Waals surface area contributed by atoms with E-state index in [-0.39, 0.29) is 36.0 Å². The van der Waals surface area contributed by atoms with Crippen LogP contribution in [0.2, 0.25) is 0 Å². The molecule has 1 spiro atoms. The Bertz CT molecular complexity index is 1220. The fraction of sp³-hybridized carbons (Fsp3) is 0.227. The number of imide groups is 1. The van der Waals surface area contributed by atoms with Crippen molar-refractivity contribution in [1.29, 1.82) is 0 Å². The van der Waals surface area contributed by atoms with E-state index in [9.17, 15) is 14.0 Å². The maximum absolute atomic E-state index is 13.4. The number of benzene rings is 2. The Morgan fingerprint density at radius 1 is 1.09 bits per heavy atom. The van der Waals surface area contributed by atoms with Gasteiger partial charge in [-0.05, 0) is 54.7 Å². The first kappa shape index (κ1) is 19.9. The lowest BCUT2D eigenvalue weighted by molar-refractivity contribution is -0.132. The number of carbonyl (C=O) groups excluding carboxylic acids is 2. The second-order valence-corrected chi connectivity index (χ2v) is 7.80. The molecule has 0 bridgehead atoms. The van der Waals surface area contributed by atoms with Crippen molar-refractivity contribution >= 4 is 29.5 Å². The quantitative estimate of drug-likeness (QED) is 0.540. The number of nitrogen functional groups attached to an aromatic ring is 1. The fourth-order valence-corrected chi connectivity index (χ4v) is 4.32. The minimum atomic E-state index is -1.07. The molecule has 0 unspecified atom stereocenters. The van der Waals surface area contributed by atoms with Crippen LogP contribution in [0.15, 0.2) is 48.5 Å². The number of amides is 3. The van der Waals surface area contributed by atoms with Crippen molar-refractivity contribution in [3.8, 4) is 0 Å². The third-order valence-corrected chi connectivity index (χ3v) is 5.75. The molecule has 0 saturated carbocycles. The van der Waals surface area contributed by atoms with Gasteiger partial charge in [0.1, 0.15) is 11.4 Å². The number of urea groups is 1. The van der Waals surface area contributed by atoms with E-state index in [0.29, 0.717) is 12.1 Å². The molecule has 1 aromatic heterocycles. The first-order chi connectivity index (χ1) is 15.4. The highest BCUT2D eigenvalue weighted by Gasteiger charge is 2.54. The van der Waals surface area contributed by atoms with Crippen molar-refractivity contribution in [2.45, 2.75) is 31.3 Å². The number of hydrogen-bond donors (Lipinski definition) is 3. The van der Waals surface area contributed by atoms with Crippen molar-refractivity contribution in [2.75, 3.05) is 11.1 Å². The Balaban J connectivity index is 1.41. The molecule has 1 aliphatic carbocycles. The molecule has 4 N–H and O–H groups in total. The number of nitrogens with zero attached hydrogens (tertiary/aromatic N) is 4. The van der Waals surface area contributed by atoms with E-state index in [1.54, 1.807) is 0 Å². The number of rotatable bonds is 4. The summed E-state index contributed by atoms with van der Waals surface area (Å²) in [7, 11) is 0. The van der Waals surface area contributed by atoms with Crippen LogP contribution in [0.4, 0.5) is 26.8 Å². The Morgan fingerprint density at radius 3 is 2.69 bits per heavy atom. The monoisotopic (exact) mass is 433 g/mol. The van der Waals surface area contributed by atoms with Crippen molar-refractivity contribution in [2.24, 2.45) is 0 Å². The zero-order valence-electron chi connectivity index (χ0n) is 17.0. The van der Waals surface area contributed by atoms with E-state index in [1.165, 1.54) is 24.3 Å². The molecule has 1 saturated heterocycles. The summed E-state index contributed by atoms with van der Waals surface area (Å²) in [5, 5.41) is 5.82. The average Bonchev–Trinajstić information content (AvgIpc) is 3.00. The van der Waals surface area contributed by atoms with E-state index in [1.807, 2.05) is 24.3 Å². The van der Waals surface area contributed by atoms with Crippen LogP contribution in [0.3, 0.4) is 0 Å². The number of aromatic nitrogens is 3. The maximum Gasteiger partial charge on any atom is 0.325 e. The SMILES string of the molecule is Nc1nc(CN2C(=O)N[C@]3(CCCc4ccccc43)C2=O)nc(Nc2ccc(F)cc2)n1. The Morgan fingerprint density at radius 2 is 1.88 bits per heavy atom. The molecule has 2 aromatic carbocycles. The number of fused-ring (bicyclic) bond motifs is 2. The predicted molar refractivity (Wildman–Crippen MR) is 114 cm³/mol. The third kappa shape index (κ3) is 3.39. The third-order valence-electron chi connectivity index (χ3n) is 5.75. The van der Waals surface area contributed by atoms with Crippen LogP contribution in [-0.2, 0) is 23.3 Å². The zero-order chi connectivity index (χ0) is 22.3. The molecule has 2 aliphatic rings. The lowest BCUT2D eigenvalue weighted by Gasteiger charge is -2.33. The molecule has 162 valence electrons. The van der Waals surface area contributed by atoms with Gasteiger partial charge in [0, 0.05) is 5.69 Å². The van der Waals surface area contributed by atoms with Crippen LogP contribution in [0.1, 0.15) is 29.8 Å². The van der Waals surface area contributed by atoms with Gasteiger partial charge < -0.3 is 16.4 Å². The summed E-state index contributed by atoms with van der Waals surface area (Å²) in [6, 6.07) is 12.8. The summed E-state index contributed by atoms with van der Waals surface area (Å²) in [5.41, 5.74) is 7.19. The van der Waals surface area contributed by atoms with Gasteiger partial charge in [-0.2, -0.15) is 15.0 Å². The highest BCUT2D eigenvalue weighted by atomic mass is 19.1. The minimum Gasteiger partial charge on any atom is -0.368 e. The molecule has 9 nitrogen and oxygen atoms in total. The Kier molecular flexibility index (Phi) is 4.69. The first-order valence-electron chi connectivity index (χ1n) is 10.2. The van der Waals surface area contributed by atoms with Gasteiger partial charge in [-0.1, -0.05) is 24.3 Å². The summed E-state index contributed by atoms with van der Waals surface area (Å²) >= 11 is 0. The van der Waals surface area contributed by atoms with Gasteiger partial charge in [-0.3, -0.25) is 9.69 Å². The van der Waals surface area contributed by atoms with E-state index >= 15 is 0 Å². The standard InChI is InChI=1S/C22H20FN7O2/c23-14-7-9-15(10-8-14)25-20-27-17(26-19(24)28-20)12-30-18(31)22(29-21(30)32)11-3-5-13-4-1-2-6-16(13)22/h1-2,4,6-10H,3,5,11-12H2,(H,29,32)(H3,24,25,26,27,28)/t22-/m0/s1. The normalized spacial score (nSPS) is 19.7. The topological polar surface area (TPSA) is 126 Å². The fourth-order valence-electron chi connectivity index (χ4n) is 4.32. The number of carbonyl (C=O) groups is 2. The van der Waals surface area contributed by atoms with Crippen molar-refractivity contribution < 1.29 is 14.0 Å². The second kappa shape index (κ2) is 7.56. The van der Waals surface area contributed by atoms with E-state index in [4.69, 9.17) is 5.73 Å². The van der Waals surface area contributed by atoms with Gasteiger partial charge >= 0.3 is 6.03 Å². The summed E-state index contributed by atoms with van der Waals surface area (Å²) in [5.74, 6) is -0.482. The molecule has 0 radical (unpaired) electrons. The van der Waals surface area contributed by atoms with Crippen molar-refractivity contribution in [1.82, 2.24) is 25.2 Å². The van der Waals surface area contributed by atoms with Gasteiger partial charge in [0.2, 0.25) is 11.9 Å². The molecule has 3 amide bonds. The van der Waals surface area contributed by atoms with Crippen molar-refractivity contribution in [3.05, 3.63) is 71.3 Å². The highest BCUT2D eigenvalue weighted by Crippen LogP contribution is 2.40. The predicted octanol–water partition coefficient (Wildman–Crippen LogP) is 2.62. The van der Waals surface area contributed by atoms with Crippen LogP contribution < -0.4 is 16.4 Å². The van der Waals surface area contributed by atoms with Gasteiger partial charge in [-0.15, -0.1) is 0 Å². The molecule has 10 heteroatoms. The van der Waals surface area contributed by atoms with Crippen LogP contribution in [0.5, 0.6) is 0 Å². The summed E-state index contributed by atoms with van der Waals surface area (Å²) in [6.07, 6.45) is 2.19. The smallest absolute Gasteiger partial charge is 0.325 e. The van der Waals surface area contributed by atoms with Gasteiger partial charge in [0.05, 0.1) is 6.54 Å². The molecule has 2 heterocycles.